The normalized spacial score (nSPS) is 18.8. The Hall–Kier alpha value is -2.57. The van der Waals surface area contributed by atoms with E-state index in [1.165, 1.54) is 6.92 Å². The van der Waals surface area contributed by atoms with E-state index < -0.39 is 11.8 Å². The van der Waals surface area contributed by atoms with Crippen LogP contribution in [0.1, 0.15) is 82.6 Å². The first-order valence-electron chi connectivity index (χ1n) is 10.8. The quantitative estimate of drug-likeness (QED) is 0.170. The van der Waals surface area contributed by atoms with Gasteiger partial charge in [0, 0.05) is 12.5 Å². The van der Waals surface area contributed by atoms with Crippen molar-refractivity contribution in [1.82, 2.24) is 0 Å². The van der Waals surface area contributed by atoms with Gasteiger partial charge in [-0.3, -0.25) is 10.1 Å². The summed E-state index contributed by atoms with van der Waals surface area (Å²) in [7, 11) is 0. The van der Waals surface area contributed by atoms with Gasteiger partial charge in [0.1, 0.15) is 22.7 Å². The van der Waals surface area contributed by atoms with Gasteiger partial charge < -0.3 is 14.2 Å². The Morgan fingerprint density at radius 1 is 1.23 bits per heavy atom. The number of benzene rings is 1. The zero-order valence-electron chi connectivity index (χ0n) is 20.0. The van der Waals surface area contributed by atoms with Gasteiger partial charge in [0.15, 0.2) is 0 Å². The lowest BCUT2D eigenvalue weighted by molar-refractivity contribution is -0.424. The van der Waals surface area contributed by atoms with Gasteiger partial charge in [0.2, 0.25) is 5.70 Å². The van der Waals surface area contributed by atoms with Crippen LogP contribution in [0.5, 0.6) is 11.5 Å². The van der Waals surface area contributed by atoms with E-state index in [0.717, 1.165) is 53.7 Å². The Balaban J connectivity index is 2.19. The van der Waals surface area contributed by atoms with E-state index in [1.807, 2.05) is 20.8 Å². The minimum Gasteiger partial charge on any atom is -0.487 e. The van der Waals surface area contributed by atoms with E-state index in [1.54, 1.807) is 26.8 Å². The topological polar surface area (TPSA) is 87.9 Å². The highest BCUT2D eigenvalue weighted by Gasteiger charge is 2.35. The molecule has 0 aromatic heterocycles. The van der Waals surface area contributed by atoms with E-state index in [2.05, 4.69) is 6.92 Å². The van der Waals surface area contributed by atoms with Gasteiger partial charge in [-0.1, -0.05) is 0 Å². The fourth-order valence-electron chi connectivity index (χ4n) is 3.83. The molecule has 0 aliphatic carbocycles. The highest BCUT2D eigenvalue weighted by Crippen LogP contribution is 2.45. The minimum atomic E-state index is -0.710. The number of rotatable bonds is 6. The standard InChI is InChI=1S/C24H35NO6/c1-15(25(27)28)11-9-10-13-24(8)14-12-19-18(4)20(16(2)17(3)21(19)30-24)29-22(26)31-23(5,6)7/h11H,9-10,12-14H2,1-8H3/b15-11+. The summed E-state index contributed by atoms with van der Waals surface area (Å²) in [6, 6.07) is 0. The van der Waals surface area contributed by atoms with Gasteiger partial charge in [0.25, 0.3) is 0 Å². The molecular weight excluding hydrogens is 398 g/mol. The summed E-state index contributed by atoms with van der Waals surface area (Å²) in [6.45, 7) is 14.9. The summed E-state index contributed by atoms with van der Waals surface area (Å²) < 4.78 is 17.4. The van der Waals surface area contributed by atoms with Gasteiger partial charge in [-0.05, 0) is 103 Å². The zero-order chi connectivity index (χ0) is 23.6. The van der Waals surface area contributed by atoms with Gasteiger partial charge in [-0.25, -0.2) is 4.79 Å². The third-order valence-corrected chi connectivity index (χ3v) is 5.78. The Morgan fingerprint density at radius 2 is 1.87 bits per heavy atom. The minimum absolute atomic E-state index is 0.180. The second kappa shape index (κ2) is 9.28. The number of ether oxygens (including phenoxy) is 3. The van der Waals surface area contributed by atoms with Crippen molar-refractivity contribution >= 4 is 6.16 Å². The SMILES string of the molecule is C/C(=C\CCCC1(C)CCc2c(C)c(OC(=O)OC(C)(C)C)c(C)c(C)c2O1)[N+](=O)[O-]. The monoisotopic (exact) mass is 433 g/mol. The molecule has 0 saturated heterocycles. The van der Waals surface area contributed by atoms with Crippen molar-refractivity contribution in [3.63, 3.8) is 0 Å². The number of hydrogen-bond donors (Lipinski definition) is 0. The molecule has 0 spiro atoms. The van der Waals surface area contributed by atoms with Crippen LogP contribution < -0.4 is 9.47 Å². The van der Waals surface area contributed by atoms with Crippen molar-refractivity contribution in [3.8, 4) is 11.5 Å². The first kappa shape index (κ1) is 24.7. The highest BCUT2D eigenvalue weighted by molar-refractivity contribution is 5.68. The number of nitro groups is 1. The molecule has 0 fully saturated rings. The second-order valence-electron chi connectivity index (χ2n) is 9.63. The smallest absolute Gasteiger partial charge is 0.487 e. The van der Waals surface area contributed by atoms with E-state index >= 15 is 0 Å². The number of unbranched alkanes of at least 4 members (excludes halogenated alkanes) is 1. The van der Waals surface area contributed by atoms with Crippen molar-refractivity contribution in [2.24, 2.45) is 0 Å². The van der Waals surface area contributed by atoms with Crippen LogP contribution in [0.3, 0.4) is 0 Å². The third-order valence-electron chi connectivity index (χ3n) is 5.78. The van der Waals surface area contributed by atoms with Crippen LogP contribution in [0.15, 0.2) is 11.8 Å². The summed E-state index contributed by atoms with van der Waals surface area (Å²) in [5.41, 5.74) is 2.99. The van der Waals surface area contributed by atoms with Gasteiger partial charge in [-0.15, -0.1) is 0 Å². The van der Waals surface area contributed by atoms with Gasteiger partial charge in [0.05, 0.1) is 4.92 Å². The van der Waals surface area contributed by atoms with Crippen LogP contribution in [-0.2, 0) is 11.2 Å². The van der Waals surface area contributed by atoms with E-state index in [-0.39, 0.29) is 16.2 Å². The lowest BCUT2D eigenvalue weighted by atomic mass is 9.84. The fraction of sp³-hybridized carbons (Fsp3) is 0.625. The molecular formula is C24H35NO6. The maximum Gasteiger partial charge on any atom is 0.514 e. The van der Waals surface area contributed by atoms with Crippen molar-refractivity contribution in [2.75, 3.05) is 0 Å². The lowest BCUT2D eigenvalue weighted by Crippen LogP contribution is -2.37. The molecule has 0 saturated carbocycles. The lowest BCUT2D eigenvalue weighted by Gasteiger charge is -2.38. The fourth-order valence-corrected chi connectivity index (χ4v) is 3.83. The zero-order valence-corrected chi connectivity index (χ0v) is 20.0. The summed E-state index contributed by atoms with van der Waals surface area (Å²) >= 11 is 0. The molecule has 7 nitrogen and oxygen atoms in total. The molecule has 1 atom stereocenters. The molecule has 1 heterocycles. The first-order chi connectivity index (χ1) is 14.2. The molecule has 0 N–H and O–H groups in total. The van der Waals surface area contributed by atoms with Crippen molar-refractivity contribution in [3.05, 3.63) is 44.1 Å². The summed E-state index contributed by atoms with van der Waals surface area (Å²) in [5, 5.41) is 10.7. The van der Waals surface area contributed by atoms with Crippen LogP contribution in [0, 0.1) is 30.9 Å². The molecule has 1 unspecified atom stereocenters. The van der Waals surface area contributed by atoms with Crippen LogP contribution in [0.25, 0.3) is 0 Å². The van der Waals surface area contributed by atoms with Gasteiger partial charge in [-0.2, -0.15) is 0 Å². The Labute approximate surface area is 184 Å². The third kappa shape index (κ3) is 6.21. The van der Waals surface area contributed by atoms with E-state index in [4.69, 9.17) is 14.2 Å². The number of nitrogens with zero attached hydrogens (tertiary/aromatic N) is 1. The predicted molar refractivity (Wildman–Crippen MR) is 119 cm³/mol. The molecule has 1 aromatic rings. The second-order valence-corrected chi connectivity index (χ2v) is 9.63. The first-order valence-corrected chi connectivity index (χ1v) is 10.8. The molecule has 1 aliphatic rings. The average Bonchev–Trinajstić information content (AvgIpc) is 2.65. The van der Waals surface area contributed by atoms with Crippen LogP contribution in [-0.4, -0.2) is 22.3 Å². The van der Waals surface area contributed by atoms with Crippen molar-refractivity contribution in [2.45, 2.75) is 98.7 Å². The predicted octanol–water partition coefficient (Wildman–Crippen LogP) is 6.36. The Morgan fingerprint density at radius 3 is 2.45 bits per heavy atom. The molecule has 172 valence electrons. The van der Waals surface area contributed by atoms with E-state index in [0.29, 0.717) is 12.2 Å². The maximum absolute atomic E-state index is 12.2. The number of hydrogen-bond acceptors (Lipinski definition) is 6. The molecule has 1 aliphatic heterocycles. The molecule has 2 rings (SSSR count). The van der Waals surface area contributed by atoms with Crippen LogP contribution in [0.4, 0.5) is 4.79 Å². The summed E-state index contributed by atoms with van der Waals surface area (Å²) in [4.78, 5) is 22.6. The van der Waals surface area contributed by atoms with Crippen molar-refractivity contribution in [1.29, 1.82) is 0 Å². The number of allylic oxidation sites excluding steroid dienone is 2. The van der Waals surface area contributed by atoms with Gasteiger partial charge >= 0.3 is 6.16 Å². The number of fused-ring (bicyclic) bond motifs is 1. The molecule has 31 heavy (non-hydrogen) atoms. The Kier molecular flexibility index (Phi) is 7.40. The molecule has 0 amide bonds. The Bertz CT molecular complexity index is 897. The summed E-state index contributed by atoms with van der Waals surface area (Å²) in [6.07, 6.45) is 4.87. The maximum atomic E-state index is 12.2. The summed E-state index contributed by atoms with van der Waals surface area (Å²) in [5.74, 6) is 1.40. The highest BCUT2D eigenvalue weighted by atomic mass is 16.7. The molecule has 7 heteroatoms. The average molecular weight is 434 g/mol. The van der Waals surface area contributed by atoms with E-state index in [9.17, 15) is 14.9 Å². The molecule has 1 aromatic carbocycles. The molecule has 0 bridgehead atoms. The largest absolute Gasteiger partial charge is 0.514 e. The number of carbonyl (C=O) groups is 1. The van der Waals surface area contributed by atoms with Crippen molar-refractivity contribution < 1.29 is 23.9 Å². The molecule has 0 radical (unpaired) electrons. The van der Waals surface area contributed by atoms with Crippen LogP contribution >= 0.6 is 0 Å². The number of carbonyl (C=O) groups excluding carboxylic acids is 1. The van der Waals surface area contributed by atoms with Crippen LogP contribution in [0.2, 0.25) is 0 Å².